The van der Waals surface area contributed by atoms with Crippen molar-refractivity contribution < 1.29 is 23.6 Å². The molecule has 1 aliphatic rings. The predicted molar refractivity (Wildman–Crippen MR) is 118 cm³/mol. The third-order valence-electron chi connectivity index (χ3n) is 5.26. The summed E-state index contributed by atoms with van der Waals surface area (Å²) in [6.07, 6.45) is 1.61. The fourth-order valence-electron chi connectivity index (χ4n) is 3.41. The van der Waals surface area contributed by atoms with E-state index in [0.29, 0.717) is 42.0 Å². The van der Waals surface area contributed by atoms with Crippen LogP contribution >= 0.6 is 11.6 Å². The lowest BCUT2D eigenvalue weighted by Crippen LogP contribution is -2.35. The van der Waals surface area contributed by atoms with Gasteiger partial charge in [-0.2, -0.15) is 0 Å². The number of nitro groups is 1. The molecule has 0 spiro atoms. The van der Waals surface area contributed by atoms with Crippen LogP contribution in [0, 0.1) is 15.9 Å². The van der Waals surface area contributed by atoms with E-state index in [-0.39, 0.29) is 35.1 Å². The number of fused-ring (bicyclic) bond motifs is 1. The second-order valence-electron chi connectivity index (χ2n) is 7.44. The number of aromatic nitrogens is 2. The van der Waals surface area contributed by atoms with E-state index in [9.17, 15) is 19.3 Å². The van der Waals surface area contributed by atoms with Gasteiger partial charge in [0.25, 0.3) is 0 Å². The van der Waals surface area contributed by atoms with Gasteiger partial charge in [-0.15, -0.1) is 0 Å². The monoisotopic (exact) mass is 475 g/mol. The van der Waals surface area contributed by atoms with Gasteiger partial charge in [0.1, 0.15) is 31.2 Å². The van der Waals surface area contributed by atoms with E-state index in [1.165, 1.54) is 36.7 Å². The molecule has 0 saturated carbocycles. The molecule has 0 bridgehead atoms. The molecule has 172 valence electrons. The van der Waals surface area contributed by atoms with Crippen molar-refractivity contribution >= 4 is 45.7 Å². The van der Waals surface area contributed by atoms with Gasteiger partial charge in [-0.3, -0.25) is 19.8 Å². The highest BCUT2D eigenvalue weighted by molar-refractivity contribution is 6.31. The number of hydrogen-bond donors (Lipinski definition) is 1. The summed E-state index contributed by atoms with van der Waals surface area (Å²) in [4.78, 5) is 32.7. The highest BCUT2D eigenvalue weighted by atomic mass is 35.5. The number of carbonyl (C=O) groups excluding carboxylic acids is 1. The van der Waals surface area contributed by atoms with Crippen LogP contribution in [0.15, 0.2) is 36.7 Å². The Morgan fingerprint density at radius 2 is 2.18 bits per heavy atom. The van der Waals surface area contributed by atoms with Gasteiger partial charge >= 0.3 is 11.7 Å². The van der Waals surface area contributed by atoms with Crippen LogP contribution in [0.25, 0.3) is 10.9 Å². The summed E-state index contributed by atoms with van der Waals surface area (Å²) in [6.45, 7) is 0.924. The Morgan fingerprint density at radius 3 is 2.88 bits per heavy atom. The fraction of sp³-hybridized carbons (Fsp3) is 0.286. The lowest BCUT2D eigenvalue weighted by molar-refractivity contribution is -0.385. The van der Waals surface area contributed by atoms with Crippen LogP contribution in [0.5, 0.6) is 5.75 Å². The first kappa shape index (κ1) is 22.6. The first-order valence-electron chi connectivity index (χ1n) is 9.95. The van der Waals surface area contributed by atoms with E-state index in [0.717, 1.165) is 0 Å². The Morgan fingerprint density at radius 1 is 1.36 bits per heavy atom. The summed E-state index contributed by atoms with van der Waals surface area (Å²) in [5.41, 5.74) is 0.630. The van der Waals surface area contributed by atoms with Crippen molar-refractivity contribution in [1.29, 1.82) is 0 Å². The minimum absolute atomic E-state index is 0.0472. The lowest BCUT2D eigenvalue weighted by atomic mass is 10.2. The second-order valence-corrected chi connectivity index (χ2v) is 7.85. The van der Waals surface area contributed by atoms with Crippen molar-refractivity contribution in [3.8, 4) is 5.75 Å². The fourth-order valence-corrected chi connectivity index (χ4v) is 3.59. The Labute approximate surface area is 192 Å². The number of carbonyl (C=O) groups is 1. The van der Waals surface area contributed by atoms with Crippen LogP contribution < -0.4 is 10.1 Å². The summed E-state index contributed by atoms with van der Waals surface area (Å²) in [7, 11) is 1.83. The van der Waals surface area contributed by atoms with Crippen molar-refractivity contribution in [2.24, 2.45) is 0 Å². The lowest BCUT2D eigenvalue weighted by Gasteiger charge is -2.21. The van der Waals surface area contributed by atoms with Gasteiger partial charge in [-0.05, 0) is 25.2 Å². The van der Waals surface area contributed by atoms with Crippen molar-refractivity contribution in [3.05, 3.63) is 57.6 Å². The molecule has 33 heavy (non-hydrogen) atoms. The maximum absolute atomic E-state index is 13.4. The third-order valence-corrected chi connectivity index (χ3v) is 5.55. The van der Waals surface area contributed by atoms with Gasteiger partial charge < -0.3 is 14.8 Å². The SMILES string of the molecule is CN(CCOc1cc2ncnc(Nc3ccc(F)c(Cl)c3)c2cc1[N+](=O)[O-])C1COC(=O)C1. The summed E-state index contributed by atoms with van der Waals surface area (Å²) in [5, 5.41) is 15.0. The van der Waals surface area contributed by atoms with Crippen LogP contribution in [0.3, 0.4) is 0 Å². The molecule has 2 heterocycles. The Hall–Kier alpha value is -3.57. The maximum atomic E-state index is 13.4. The first-order chi connectivity index (χ1) is 15.8. The number of ether oxygens (including phenoxy) is 2. The van der Waals surface area contributed by atoms with Crippen molar-refractivity contribution in [1.82, 2.24) is 14.9 Å². The average Bonchev–Trinajstić information content (AvgIpc) is 3.22. The zero-order valence-corrected chi connectivity index (χ0v) is 18.2. The molecule has 1 aromatic heterocycles. The standard InChI is InChI=1S/C21H19ClFN5O5/c1-27(13-7-20(29)33-10-13)4-5-32-19-9-17-14(8-18(19)28(30)31)21(25-11-24-17)26-12-2-3-16(23)15(22)6-12/h2-3,6,8-9,11,13H,4-5,7,10H2,1H3,(H,24,25,26). The Kier molecular flexibility index (Phi) is 6.52. The number of anilines is 2. The first-order valence-corrected chi connectivity index (χ1v) is 10.3. The molecule has 0 amide bonds. The van der Waals surface area contributed by atoms with E-state index < -0.39 is 10.7 Å². The quantitative estimate of drug-likeness (QED) is 0.295. The number of nitrogens with one attached hydrogen (secondary N) is 1. The molecule has 2 aromatic carbocycles. The van der Waals surface area contributed by atoms with E-state index in [1.54, 1.807) is 0 Å². The van der Waals surface area contributed by atoms with Crippen molar-refractivity contribution in [2.75, 3.05) is 32.1 Å². The molecule has 1 aliphatic heterocycles. The molecule has 1 atom stereocenters. The molecule has 3 aromatic rings. The summed E-state index contributed by atoms with van der Waals surface area (Å²) in [6, 6.07) is 6.81. The number of likely N-dealkylation sites (N-methyl/N-ethyl adjacent to an activating group) is 1. The van der Waals surface area contributed by atoms with Crippen molar-refractivity contribution in [3.63, 3.8) is 0 Å². The third kappa shape index (κ3) is 5.10. The molecule has 1 saturated heterocycles. The molecule has 1 fully saturated rings. The molecule has 1 N–H and O–H groups in total. The average molecular weight is 476 g/mol. The number of esters is 1. The zero-order chi connectivity index (χ0) is 23.5. The molecular formula is C21H19ClFN5O5. The smallest absolute Gasteiger partial charge is 0.311 e. The largest absolute Gasteiger partial charge is 0.485 e. The van der Waals surface area contributed by atoms with Crippen LogP contribution in [0.4, 0.5) is 21.6 Å². The molecular weight excluding hydrogens is 457 g/mol. The summed E-state index contributed by atoms with van der Waals surface area (Å²) < 4.78 is 24.1. The van der Waals surface area contributed by atoms with Gasteiger partial charge in [0.15, 0.2) is 5.75 Å². The number of halogens is 2. The number of cyclic esters (lactones) is 1. The number of hydrogen-bond acceptors (Lipinski definition) is 9. The predicted octanol–water partition coefficient (Wildman–Crippen LogP) is 3.70. The normalized spacial score (nSPS) is 15.6. The van der Waals surface area contributed by atoms with Crippen LogP contribution in [0.1, 0.15) is 6.42 Å². The van der Waals surface area contributed by atoms with Crippen LogP contribution in [-0.2, 0) is 9.53 Å². The second kappa shape index (κ2) is 9.51. The van der Waals surface area contributed by atoms with E-state index in [2.05, 4.69) is 15.3 Å². The maximum Gasteiger partial charge on any atom is 0.311 e. The van der Waals surface area contributed by atoms with E-state index in [4.69, 9.17) is 21.1 Å². The van der Waals surface area contributed by atoms with E-state index >= 15 is 0 Å². The van der Waals surface area contributed by atoms with E-state index in [1.807, 2.05) is 11.9 Å². The number of benzene rings is 2. The molecule has 12 heteroatoms. The summed E-state index contributed by atoms with van der Waals surface area (Å²) >= 11 is 5.82. The number of nitrogens with zero attached hydrogens (tertiary/aromatic N) is 4. The molecule has 0 aliphatic carbocycles. The van der Waals surface area contributed by atoms with Crippen LogP contribution in [0.2, 0.25) is 5.02 Å². The van der Waals surface area contributed by atoms with Crippen molar-refractivity contribution in [2.45, 2.75) is 12.5 Å². The molecule has 1 unspecified atom stereocenters. The van der Waals surface area contributed by atoms with Gasteiger partial charge in [0.05, 0.1) is 33.3 Å². The Bertz CT molecular complexity index is 1230. The minimum atomic E-state index is -0.565. The Balaban J connectivity index is 1.55. The molecule has 10 nitrogen and oxygen atoms in total. The molecule has 4 rings (SSSR count). The van der Waals surface area contributed by atoms with Gasteiger partial charge in [-0.25, -0.2) is 14.4 Å². The number of rotatable bonds is 8. The highest BCUT2D eigenvalue weighted by Gasteiger charge is 2.27. The minimum Gasteiger partial charge on any atom is -0.485 e. The number of nitro benzene ring substituents is 1. The molecule has 0 radical (unpaired) electrons. The zero-order valence-electron chi connectivity index (χ0n) is 17.5. The summed E-state index contributed by atoms with van der Waals surface area (Å²) in [5.74, 6) is -0.452. The topological polar surface area (TPSA) is 120 Å². The van der Waals surface area contributed by atoms with Gasteiger partial charge in [0.2, 0.25) is 0 Å². The highest BCUT2D eigenvalue weighted by Crippen LogP contribution is 2.35. The van der Waals surface area contributed by atoms with Gasteiger partial charge in [0, 0.05) is 24.4 Å². The van der Waals surface area contributed by atoms with Crippen LogP contribution in [-0.4, -0.2) is 58.6 Å². The van der Waals surface area contributed by atoms with Gasteiger partial charge in [-0.1, -0.05) is 11.6 Å².